The van der Waals surface area contributed by atoms with Gasteiger partial charge in [-0.15, -0.1) is 0 Å². The zero-order chi connectivity index (χ0) is 32.5. The molecule has 0 saturated carbocycles. The highest BCUT2D eigenvalue weighted by Crippen LogP contribution is 2.37. The predicted octanol–water partition coefficient (Wildman–Crippen LogP) is 5.78. The molecule has 5 atom stereocenters. The largest absolute Gasteiger partial charge is 0.452 e. The predicted molar refractivity (Wildman–Crippen MR) is 171 cm³/mol. The van der Waals surface area contributed by atoms with Gasteiger partial charge in [-0.3, -0.25) is 0 Å². The van der Waals surface area contributed by atoms with Crippen molar-refractivity contribution in [3.63, 3.8) is 0 Å². The molecule has 10 heteroatoms. The molecule has 5 unspecified atom stereocenters. The highest BCUT2D eigenvalue weighted by atomic mass is 28.4. The second kappa shape index (κ2) is 15.8. The molecular weight excluding hydrogens is 592 g/mol. The monoisotopic (exact) mass is 636 g/mol. The van der Waals surface area contributed by atoms with Crippen LogP contribution in [0.25, 0.3) is 0 Å². The van der Waals surface area contributed by atoms with E-state index in [2.05, 4.69) is 33.9 Å². The Hall–Kier alpha value is -3.38. The number of benzene rings is 3. The van der Waals surface area contributed by atoms with E-state index in [0.717, 1.165) is 5.56 Å². The molecule has 242 valence electrons. The molecule has 0 amide bonds. The topological polar surface area (TPSA) is 110 Å². The zero-order valence-corrected chi connectivity index (χ0v) is 27.6. The molecule has 1 saturated heterocycles. The van der Waals surface area contributed by atoms with Crippen LogP contribution in [-0.2, 0) is 34.7 Å². The van der Waals surface area contributed by atoms with Gasteiger partial charge < -0.3 is 33.2 Å². The first kappa shape index (κ1) is 34.5. The first-order chi connectivity index (χ1) is 21.5. The number of esters is 2. The van der Waals surface area contributed by atoms with Crippen molar-refractivity contribution in [2.75, 3.05) is 19.8 Å². The summed E-state index contributed by atoms with van der Waals surface area (Å²) in [5, 5.41) is 11.5. The summed E-state index contributed by atoms with van der Waals surface area (Å²) in [7, 11) is -2.25. The molecule has 4 rings (SSSR count). The van der Waals surface area contributed by atoms with Gasteiger partial charge in [0, 0.05) is 0 Å². The van der Waals surface area contributed by atoms with Crippen molar-refractivity contribution in [2.45, 2.75) is 76.2 Å². The molecule has 1 aliphatic heterocycles. The normalized spacial score (nSPS) is 22.0. The van der Waals surface area contributed by atoms with Gasteiger partial charge in [0.05, 0.1) is 37.6 Å². The van der Waals surface area contributed by atoms with Gasteiger partial charge in [0.25, 0.3) is 0 Å². The number of carbonyl (C=O) groups excluding carboxylic acids is 2. The maximum absolute atomic E-state index is 13.3. The summed E-state index contributed by atoms with van der Waals surface area (Å²) in [6.45, 7) is 11.3. The Morgan fingerprint density at radius 3 is 1.82 bits per heavy atom. The minimum atomic E-state index is -2.25. The van der Waals surface area contributed by atoms with Crippen LogP contribution in [0.15, 0.2) is 91.0 Å². The molecule has 3 aromatic carbocycles. The lowest BCUT2D eigenvalue weighted by Crippen LogP contribution is -2.62. The summed E-state index contributed by atoms with van der Waals surface area (Å²) < 4.78 is 36.3. The molecule has 1 fully saturated rings. The summed E-state index contributed by atoms with van der Waals surface area (Å²) in [6, 6.07) is 26.6. The van der Waals surface area contributed by atoms with E-state index in [1.807, 2.05) is 30.3 Å². The average molecular weight is 637 g/mol. The van der Waals surface area contributed by atoms with Crippen LogP contribution in [0.5, 0.6) is 0 Å². The lowest BCUT2D eigenvalue weighted by molar-refractivity contribution is -0.300. The molecule has 0 aliphatic carbocycles. The quantitative estimate of drug-likeness (QED) is 0.142. The van der Waals surface area contributed by atoms with E-state index in [1.54, 1.807) is 60.7 Å². The van der Waals surface area contributed by atoms with Crippen molar-refractivity contribution < 1.29 is 42.8 Å². The van der Waals surface area contributed by atoms with E-state index in [0.29, 0.717) is 6.61 Å². The van der Waals surface area contributed by atoms with Crippen LogP contribution in [0, 0.1) is 0 Å². The maximum Gasteiger partial charge on any atom is 0.338 e. The number of hydrogen-bond donors (Lipinski definition) is 1. The van der Waals surface area contributed by atoms with Crippen LogP contribution in [0.3, 0.4) is 0 Å². The Balaban J connectivity index is 1.57. The van der Waals surface area contributed by atoms with Crippen molar-refractivity contribution in [3.8, 4) is 0 Å². The highest BCUT2D eigenvalue weighted by Gasteiger charge is 2.51. The molecule has 0 bridgehead atoms. The van der Waals surface area contributed by atoms with Crippen molar-refractivity contribution in [1.82, 2.24) is 0 Å². The molecular formula is C35H44O9Si. The number of hydrogen-bond acceptors (Lipinski definition) is 9. The highest BCUT2D eigenvalue weighted by molar-refractivity contribution is 6.74. The second-order valence-electron chi connectivity index (χ2n) is 12.5. The lowest BCUT2D eigenvalue weighted by Gasteiger charge is -2.44. The number of rotatable bonds is 13. The Kier molecular flexibility index (Phi) is 12.1. The van der Waals surface area contributed by atoms with Gasteiger partial charge in [-0.1, -0.05) is 87.5 Å². The van der Waals surface area contributed by atoms with Crippen LogP contribution in [0.2, 0.25) is 18.1 Å². The number of aliphatic hydroxyl groups excluding tert-OH is 1. The minimum Gasteiger partial charge on any atom is -0.452 e. The second-order valence-corrected chi connectivity index (χ2v) is 17.3. The molecule has 0 radical (unpaired) electrons. The van der Waals surface area contributed by atoms with Crippen molar-refractivity contribution in [2.24, 2.45) is 0 Å². The molecule has 1 N–H and O–H groups in total. The van der Waals surface area contributed by atoms with Crippen LogP contribution in [0.1, 0.15) is 47.1 Å². The van der Waals surface area contributed by atoms with Gasteiger partial charge in [0.1, 0.15) is 12.2 Å². The number of ether oxygens (including phenoxy) is 5. The Morgan fingerprint density at radius 2 is 1.29 bits per heavy atom. The third-order valence-electron chi connectivity index (χ3n) is 8.16. The molecule has 9 nitrogen and oxygen atoms in total. The molecule has 0 spiro atoms. The smallest absolute Gasteiger partial charge is 0.338 e. The summed E-state index contributed by atoms with van der Waals surface area (Å²) in [4.78, 5) is 26.5. The Bertz CT molecular complexity index is 1350. The van der Waals surface area contributed by atoms with Gasteiger partial charge in [0.2, 0.25) is 0 Å². The summed E-state index contributed by atoms with van der Waals surface area (Å²) >= 11 is 0. The third-order valence-corrected chi connectivity index (χ3v) is 12.7. The fraction of sp³-hybridized carbons (Fsp3) is 0.429. The van der Waals surface area contributed by atoms with Gasteiger partial charge in [-0.05, 0) is 48.0 Å². The molecule has 45 heavy (non-hydrogen) atoms. The summed E-state index contributed by atoms with van der Waals surface area (Å²) in [5.41, 5.74) is 1.58. The summed E-state index contributed by atoms with van der Waals surface area (Å²) in [6.07, 6.45) is -6.12. The third kappa shape index (κ3) is 9.56. The molecule has 1 heterocycles. The number of carbonyl (C=O) groups is 2. The lowest BCUT2D eigenvalue weighted by atomic mass is 9.98. The standard InChI is InChI=1S/C35H44O9Si/c1-35(2,3)45(4,5)41-24-28-29(36)30(43-32(37)26-17-11-7-12-18-26)31(44-33(38)27-19-13-8-14-20-27)34(42-28)40-22-21-39-23-25-15-9-6-10-16-25/h6-20,28-31,34,36H,21-24H2,1-5H3. The van der Waals surface area contributed by atoms with E-state index >= 15 is 0 Å². The van der Waals surface area contributed by atoms with Gasteiger partial charge in [-0.25, -0.2) is 9.59 Å². The van der Waals surface area contributed by atoms with Crippen molar-refractivity contribution in [1.29, 1.82) is 0 Å². The average Bonchev–Trinajstić information content (AvgIpc) is 3.03. The fourth-order valence-corrected chi connectivity index (χ4v) is 5.46. The molecule has 1 aliphatic rings. The first-order valence-electron chi connectivity index (χ1n) is 15.2. The van der Waals surface area contributed by atoms with E-state index in [4.69, 9.17) is 28.1 Å². The van der Waals surface area contributed by atoms with Crippen LogP contribution in [-0.4, -0.2) is 75.9 Å². The first-order valence-corrected chi connectivity index (χ1v) is 18.1. The van der Waals surface area contributed by atoms with Crippen LogP contribution in [0.4, 0.5) is 0 Å². The molecule has 0 aromatic heterocycles. The van der Waals surface area contributed by atoms with E-state index in [-0.39, 0.29) is 36.0 Å². The maximum atomic E-state index is 13.3. The van der Waals surface area contributed by atoms with Gasteiger partial charge in [-0.2, -0.15) is 0 Å². The van der Waals surface area contributed by atoms with E-state index < -0.39 is 51.0 Å². The van der Waals surface area contributed by atoms with E-state index in [1.165, 1.54) is 0 Å². The van der Waals surface area contributed by atoms with Crippen LogP contribution >= 0.6 is 0 Å². The van der Waals surface area contributed by atoms with E-state index in [9.17, 15) is 14.7 Å². The Morgan fingerprint density at radius 1 is 0.778 bits per heavy atom. The number of aliphatic hydroxyl groups is 1. The van der Waals surface area contributed by atoms with Crippen LogP contribution < -0.4 is 0 Å². The van der Waals surface area contributed by atoms with Crippen molar-refractivity contribution >= 4 is 20.3 Å². The molecule has 3 aromatic rings. The zero-order valence-electron chi connectivity index (χ0n) is 26.6. The SMILES string of the molecule is CC(C)(C)[Si](C)(C)OCC1OC(OCCOCc2ccccc2)C(OC(=O)c2ccccc2)C(OC(=O)c2ccccc2)C1O. The Labute approximate surface area is 266 Å². The van der Waals surface area contributed by atoms with Gasteiger partial charge >= 0.3 is 11.9 Å². The van der Waals surface area contributed by atoms with Crippen molar-refractivity contribution in [3.05, 3.63) is 108 Å². The minimum absolute atomic E-state index is 0.0285. The van der Waals surface area contributed by atoms with Gasteiger partial charge in [0.15, 0.2) is 26.8 Å². The summed E-state index contributed by atoms with van der Waals surface area (Å²) in [5.74, 6) is -1.36. The fourth-order valence-electron chi connectivity index (χ4n) is 4.45.